The van der Waals surface area contributed by atoms with Gasteiger partial charge >= 0.3 is 12.4 Å². The summed E-state index contributed by atoms with van der Waals surface area (Å²) in [6, 6.07) is 0. The summed E-state index contributed by atoms with van der Waals surface area (Å²) >= 11 is 0. The second kappa shape index (κ2) is 13.2. The number of rotatable bonds is 7. The van der Waals surface area contributed by atoms with Crippen molar-refractivity contribution >= 4 is 11.8 Å². The predicted molar refractivity (Wildman–Crippen MR) is 178 cm³/mol. The topological polar surface area (TPSA) is 132 Å². The second-order valence-electron chi connectivity index (χ2n) is 18.2. The van der Waals surface area contributed by atoms with E-state index in [2.05, 4.69) is 10.6 Å². The summed E-state index contributed by atoms with van der Waals surface area (Å²) in [7, 11) is 0. The lowest BCUT2D eigenvalue weighted by Crippen LogP contribution is -2.67. The quantitative estimate of drug-likeness (QED) is 0.210. The van der Waals surface area contributed by atoms with Gasteiger partial charge in [0.25, 0.3) is 0 Å². The van der Waals surface area contributed by atoms with Crippen molar-refractivity contribution in [2.24, 2.45) is 40.9 Å². The largest absolute Gasteiger partial charge is 0.456 e. The summed E-state index contributed by atoms with van der Waals surface area (Å²) in [6.45, 7) is 8.95. The molecule has 6 saturated heterocycles. The van der Waals surface area contributed by atoms with Crippen LogP contribution >= 0.6 is 0 Å². The zero-order valence-electron chi connectivity index (χ0n) is 32.2. The van der Waals surface area contributed by atoms with Gasteiger partial charge in [-0.15, -0.1) is 0 Å². The molecule has 8 fully saturated rings. The number of ether oxygens (including phenoxy) is 4. The van der Waals surface area contributed by atoms with Crippen LogP contribution in [0.4, 0.5) is 26.3 Å². The van der Waals surface area contributed by atoms with Crippen molar-refractivity contribution in [2.45, 2.75) is 147 Å². The number of fused-ring (bicyclic) bond motifs is 4. The minimum Gasteiger partial charge on any atom is -0.456 e. The molecular formula is C38H50F6N2O10. The normalized spacial score (nSPS) is 43.1. The number of alkyl halides is 6. The maximum Gasteiger partial charge on any atom is 0.449 e. The van der Waals surface area contributed by atoms with Gasteiger partial charge in [-0.1, -0.05) is 27.7 Å². The minimum atomic E-state index is -4.92. The van der Waals surface area contributed by atoms with Crippen molar-refractivity contribution in [1.29, 1.82) is 0 Å². The molecule has 4 bridgehead atoms. The van der Waals surface area contributed by atoms with Gasteiger partial charge < -0.3 is 29.6 Å². The molecule has 10 aliphatic rings. The Morgan fingerprint density at radius 1 is 0.661 bits per heavy atom. The molecule has 2 amide bonds. The minimum absolute atomic E-state index is 0.0675. The zero-order chi connectivity index (χ0) is 40.4. The van der Waals surface area contributed by atoms with Gasteiger partial charge in [0.05, 0.1) is 5.41 Å². The Hall–Kier alpha value is -2.64. The summed E-state index contributed by atoms with van der Waals surface area (Å²) in [4.78, 5) is 50.5. The molecule has 0 radical (unpaired) electrons. The fourth-order valence-electron chi connectivity index (χ4n) is 11.0. The maximum absolute atomic E-state index is 14.7. The third kappa shape index (κ3) is 6.25. The average molecular weight is 809 g/mol. The Bertz CT molecular complexity index is 1700. The Morgan fingerprint density at radius 3 is 1.52 bits per heavy atom. The molecule has 314 valence electrons. The number of hydrogen-bond donors (Lipinski definition) is 2. The summed E-state index contributed by atoms with van der Waals surface area (Å²) in [5.74, 6) is -8.69. The first-order valence-electron chi connectivity index (χ1n) is 19.6. The molecule has 2 N–H and O–H groups in total. The number of carbonyl (C=O) groups excluding carboxylic acids is 2. The van der Waals surface area contributed by atoms with Crippen LogP contribution in [0.2, 0.25) is 0 Å². The number of halogens is 6. The molecule has 2 spiro atoms. The zero-order valence-corrected chi connectivity index (χ0v) is 32.2. The van der Waals surface area contributed by atoms with E-state index in [1.54, 1.807) is 13.8 Å². The highest BCUT2D eigenvalue weighted by Gasteiger charge is 2.72. The fraction of sp³-hybridized carbons (Fsp3) is 0.842. The summed E-state index contributed by atoms with van der Waals surface area (Å²) in [5.41, 5.74) is -4.67. The van der Waals surface area contributed by atoms with Crippen LogP contribution in [0.15, 0.2) is 22.7 Å². The van der Waals surface area contributed by atoms with E-state index in [0.29, 0.717) is 51.4 Å². The van der Waals surface area contributed by atoms with Gasteiger partial charge in [0.1, 0.15) is 0 Å². The molecular weight excluding hydrogens is 758 g/mol. The Labute approximate surface area is 320 Å². The van der Waals surface area contributed by atoms with Crippen LogP contribution in [0, 0.1) is 40.9 Å². The molecule has 0 aromatic carbocycles. The third-order valence-corrected chi connectivity index (χ3v) is 14.0. The van der Waals surface area contributed by atoms with Crippen LogP contribution in [0.25, 0.3) is 0 Å². The van der Waals surface area contributed by atoms with Crippen LogP contribution in [0.5, 0.6) is 0 Å². The number of hydrogen-bond acceptors (Lipinski definition) is 10. The van der Waals surface area contributed by atoms with E-state index >= 15 is 0 Å². The molecule has 0 aromatic heterocycles. The standard InChI is InChI=1S/C38H50F6N2O10/c1-18-7-9-24-20(27(37(39,40)41)49-30-35(24)22(18)11-13-33(5,51-30)53-55-35)16-45-26(47)15-32(3,4)29(48)46-17-21-25-10-8-19(2)23-12-14-34(6)52-31(36(23,25)56-54-34)50-28(21)38(42,43)44/h18-19,22-25,30-31H,7-17H2,1-6H3,(H,45,47)(H,46,48)/t18-,19-,22+,23+,24+,25+,30-,31-,33-,34+,35-,36-/m1/s1. The van der Waals surface area contributed by atoms with E-state index in [0.717, 1.165) is 0 Å². The lowest BCUT2D eigenvalue weighted by atomic mass is 9.59. The van der Waals surface area contributed by atoms with E-state index in [9.17, 15) is 35.9 Å². The highest BCUT2D eigenvalue weighted by molar-refractivity contribution is 5.88. The molecule has 0 unspecified atom stereocenters. The lowest BCUT2D eigenvalue weighted by Gasteiger charge is -2.57. The SMILES string of the molecule is C[C@@H]1CC[C@H]2C(CNC(=O)CC(C)(C)C(=O)NCC3=C(C(F)(F)F)O[C@@H]4O[C@]5(C)CC[C@H]6[C@H](C)CC[C@@H]3[C@@]46OO5)=C(C(F)(F)F)O[C@@H]3O[C@@]4(C)CC[C@@H]1[C@]32OO4. The molecule has 8 heterocycles. The van der Waals surface area contributed by atoms with Gasteiger partial charge in [-0.3, -0.25) is 9.59 Å². The van der Waals surface area contributed by atoms with E-state index < -0.39 is 108 Å². The van der Waals surface area contributed by atoms with E-state index in [4.69, 9.17) is 38.5 Å². The van der Waals surface area contributed by atoms with Gasteiger partial charge in [-0.05, 0) is 64.2 Å². The van der Waals surface area contributed by atoms with Gasteiger partial charge in [-0.25, -0.2) is 19.6 Å². The summed E-state index contributed by atoms with van der Waals surface area (Å²) < 4.78 is 111. The first kappa shape index (κ1) is 40.2. The van der Waals surface area contributed by atoms with Crippen LogP contribution < -0.4 is 10.6 Å². The van der Waals surface area contributed by atoms with Crippen LogP contribution in [0.1, 0.15) is 99.3 Å². The van der Waals surface area contributed by atoms with Gasteiger partial charge in [0, 0.05) is 67.2 Å². The molecule has 10 rings (SSSR count). The van der Waals surface area contributed by atoms with Crippen molar-refractivity contribution in [3.8, 4) is 0 Å². The van der Waals surface area contributed by atoms with Crippen molar-refractivity contribution in [1.82, 2.24) is 10.6 Å². The molecule has 0 aromatic rings. The highest BCUT2D eigenvalue weighted by atomic mass is 19.4. The molecule has 8 aliphatic heterocycles. The van der Waals surface area contributed by atoms with Crippen molar-refractivity contribution in [3.05, 3.63) is 22.7 Å². The Balaban J connectivity index is 0.989. The van der Waals surface area contributed by atoms with Crippen molar-refractivity contribution < 1.29 is 74.4 Å². The Kier molecular flexibility index (Phi) is 9.45. The summed E-state index contributed by atoms with van der Waals surface area (Å²) in [5, 5.41) is 5.15. The lowest BCUT2D eigenvalue weighted by molar-refractivity contribution is -0.557. The number of carbonyl (C=O) groups is 2. The smallest absolute Gasteiger partial charge is 0.449 e. The molecule has 12 atom stereocenters. The third-order valence-electron chi connectivity index (χ3n) is 14.0. The Morgan fingerprint density at radius 2 is 1.09 bits per heavy atom. The number of amides is 2. The van der Waals surface area contributed by atoms with E-state index in [1.807, 2.05) is 13.8 Å². The average Bonchev–Trinajstić information content (AvgIpc) is 3.48. The first-order chi connectivity index (χ1) is 26.0. The fourth-order valence-corrected chi connectivity index (χ4v) is 11.0. The molecule has 18 heteroatoms. The van der Waals surface area contributed by atoms with Crippen molar-refractivity contribution in [3.63, 3.8) is 0 Å². The predicted octanol–water partition coefficient (Wildman–Crippen LogP) is 6.76. The van der Waals surface area contributed by atoms with Gasteiger partial charge in [-0.2, -0.15) is 26.3 Å². The van der Waals surface area contributed by atoms with Crippen molar-refractivity contribution in [2.75, 3.05) is 13.1 Å². The number of nitrogens with one attached hydrogen (secondary N) is 2. The van der Waals surface area contributed by atoms with E-state index in [1.165, 1.54) is 13.8 Å². The van der Waals surface area contributed by atoms with Crippen LogP contribution in [-0.4, -0.2) is 72.6 Å². The van der Waals surface area contributed by atoms with Crippen LogP contribution in [0.3, 0.4) is 0 Å². The maximum atomic E-state index is 14.7. The van der Waals surface area contributed by atoms with Gasteiger partial charge in [0.15, 0.2) is 11.2 Å². The summed E-state index contributed by atoms with van der Waals surface area (Å²) in [6.07, 6.45) is -9.40. The van der Waals surface area contributed by atoms with Gasteiger partial charge in [0.2, 0.25) is 47.5 Å². The van der Waals surface area contributed by atoms with Crippen LogP contribution in [-0.2, 0) is 48.1 Å². The first-order valence-corrected chi connectivity index (χ1v) is 19.6. The molecule has 2 saturated carbocycles. The monoisotopic (exact) mass is 808 g/mol. The highest BCUT2D eigenvalue weighted by Crippen LogP contribution is 2.63. The molecule has 56 heavy (non-hydrogen) atoms. The number of allylic oxidation sites excluding steroid dienone is 2. The molecule has 12 nitrogen and oxygen atoms in total. The second-order valence-corrected chi connectivity index (χ2v) is 18.2. The van der Waals surface area contributed by atoms with E-state index in [-0.39, 0.29) is 34.8 Å². The molecule has 2 aliphatic carbocycles.